The Morgan fingerprint density at radius 2 is 1.88 bits per heavy atom. The first-order valence-corrected chi connectivity index (χ1v) is 7.67. The van der Waals surface area contributed by atoms with E-state index in [-0.39, 0.29) is 17.0 Å². The first-order chi connectivity index (χ1) is 11.3. The van der Waals surface area contributed by atoms with Gasteiger partial charge in [0.25, 0.3) is 5.91 Å². The molecule has 0 spiro atoms. The number of carbonyl (C=O) groups is 2. The second kappa shape index (κ2) is 5.96. The van der Waals surface area contributed by atoms with Gasteiger partial charge in [0.1, 0.15) is 11.4 Å². The molecular formula is C18H18N2O4. The molecule has 1 aromatic heterocycles. The van der Waals surface area contributed by atoms with Crippen molar-refractivity contribution in [3.05, 3.63) is 58.1 Å². The highest BCUT2D eigenvalue weighted by Crippen LogP contribution is 2.33. The second-order valence-corrected chi connectivity index (χ2v) is 6.67. The van der Waals surface area contributed by atoms with Crippen molar-refractivity contribution < 1.29 is 14.0 Å². The lowest BCUT2D eigenvalue weighted by Crippen LogP contribution is -2.20. The lowest BCUT2D eigenvalue weighted by Gasteiger charge is -2.19. The maximum Gasteiger partial charge on any atom is 0.360 e. The van der Waals surface area contributed by atoms with Crippen LogP contribution in [-0.2, 0) is 11.2 Å². The highest BCUT2D eigenvalue weighted by atomic mass is 16.4. The van der Waals surface area contributed by atoms with E-state index in [4.69, 9.17) is 4.42 Å². The summed E-state index contributed by atoms with van der Waals surface area (Å²) in [5.74, 6) is -0.135. The van der Waals surface area contributed by atoms with Crippen molar-refractivity contribution in [1.29, 1.82) is 0 Å². The summed E-state index contributed by atoms with van der Waals surface area (Å²) in [4.78, 5) is 36.3. The summed E-state index contributed by atoms with van der Waals surface area (Å²) in [5.41, 5.74) is -0.0850. The standard InChI is InChI=1S/C18H18N2O4/c1-18(2)9-14-12(19-15(21)10-18)8-13(17(23)24-14)20-16(22)11-6-4-3-5-7-11/h3-8H,9-10H2,1-2H3,(H,19,21)(H,20,22). The quantitative estimate of drug-likeness (QED) is 0.888. The topological polar surface area (TPSA) is 88.4 Å². The molecule has 0 aliphatic carbocycles. The Morgan fingerprint density at radius 1 is 1.17 bits per heavy atom. The van der Waals surface area contributed by atoms with Gasteiger partial charge in [0, 0.05) is 18.4 Å². The molecule has 2 amide bonds. The predicted molar refractivity (Wildman–Crippen MR) is 90.1 cm³/mol. The van der Waals surface area contributed by atoms with Crippen molar-refractivity contribution >= 4 is 23.2 Å². The van der Waals surface area contributed by atoms with E-state index < -0.39 is 11.5 Å². The zero-order valence-electron chi connectivity index (χ0n) is 13.5. The normalized spacial score (nSPS) is 15.8. The molecule has 2 N–H and O–H groups in total. The molecule has 0 radical (unpaired) electrons. The lowest BCUT2D eigenvalue weighted by molar-refractivity contribution is -0.117. The van der Waals surface area contributed by atoms with E-state index in [1.54, 1.807) is 30.3 Å². The average Bonchev–Trinajstić information content (AvgIpc) is 2.62. The summed E-state index contributed by atoms with van der Waals surface area (Å²) in [6.45, 7) is 3.87. The third kappa shape index (κ3) is 3.37. The largest absolute Gasteiger partial charge is 0.424 e. The molecule has 0 unspecified atom stereocenters. The van der Waals surface area contributed by atoms with E-state index in [1.807, 2.05) is 13.8 Å². The van der Waals surface area contributed by atoms with Crippen molar-refractivity contribution in [2.75, 3.05) is 10.6 Å². The summed E-state index contributed by atoms with van der Waals surface area (Å²) in [5, 5.41) is 5.27. The summed E-state index contributed by atoms with van der Waals surface area (Å²) >= 11 is 0. The molecule has 0 saturated carbocycles. The Balaban J connectivity index is 1.93. The van der Waals surface area contributed by atoms with E-state index in [0.29, 0.717) is 29.9 Å². The van der Waals surface area contributed by atoms with Crippen molar-refractivity contribution in [2.24, 2.45) is 5.41 Å². The van der Waals surface area contributed by atoms with Gasteiger partial charge in [-0.1, -0.05) is 32.0 Å². The number of benzene rings is 1. The average molecular weight is 326 g/mol. The van der Waals surface area contributed by atoms with Crippen molar-refractivity contribution in [3.8, 4) is 0 Å². The number of carbonyl (C=O) groups excluding carboxylic acids is 2. The molecule has 0 atom stereocenters. The van der Waals surface area contributed by atoms with E-state index >= 15 is 0 Å². The first-order valence-electron chi connectivity index (χ1n) is 7.67. The summed E-state index contributed by atoms with van der Waals surface area (Å²) in [6.07, 6.45) is 0.792. The smallest absolute Gasteiger partial charge is 0.360 e. The highest BCUT2D eigenvalue weighted by Gasteiger charge is 2.30. The van der Waals surface area contributed by atoms with E-state index in [2.05, 4.69) is 10.6 Å². The van der Waals surface area contributed by atoms with Crippen molar-refractivity contribution in [3.63, 3.8) is 0 Å². The molecule has 1 aliphatic rings. The van der Waals surface area contributed by atoms with E-state index in [1.165, 1.54) is 6.07 Å². The van der Waals surface area contributed by atoms with Gasteiger partial charge < -0.3 is 15.1 Å². The van der Waals surface area contributed by atoms with Crippen LogP contribution < -0.4 is 16.3 Å². The summed E-state index contributed by atoms with van der Waals surface area (Å²) < 4.78 is 5.35. The Morgan fingerprint density at radius 3 is 2.58 bits per heavy atom. The van der Waals surface area contributed by atoms with Gasteiger partial charge in [0.2, 0.25) is 5.91 Å². The van der Waals surface area contributed by atoms with E-state index in [0.717, 1.165) is 0 Å². The third-order valence-electron chi connectivity index (χ3n) is 3.86. The number of fused-ring (bicyclic) bond motifs is 1. The molecule has 1 aromatic carbocycles. The monoisotopic (exact) mass is 326 g/mol. The molecule has 2 aromatic rings. The number of amides is 2. The van der Waals surface area contributed by atoms with Crippen LogP contribution in [0.3, 0.4) is 0 Å². The highest BCUT2D eigenvalue weighted by molar-refractivity contribution is 6.04. The fourth-order valence-corrected chi connectivity index (χ4v) is 2.74. The molecule has 0 bridgehead atoms. The van der Waals surface area contributed by atoms with Crippen LogP contribution in [0.15, 0.2) is 45.6 Å². The SMILES string of the molecule is CC1(C)CC(=O)Nc2cc(NC(=O)c3ccccc3)c(=O)oc2C1. The molecule has 0 fully saturated rings. The van der Waals surface area contributed by atoms with Gasteiger partial charge in [0.15, 0.2) is 0 Å². The van der Waals surface area contributed by atoms with Gasteiger partial charge in [-0.2, -0.15) is 0 Å². The molecule has 3 rings (SSSR count). The van der Waals surface area contributed by atoms with Gasteiger partial charge in [-0.25, -0.2) is 4.79 Å². The van der Waals surface area contributed by atoms with Gasteiger partial charge >= 0.3 is 5.63 Å². The zero-order chi connectivity index (χ0) is 17.3. The maximum atomic E-state index is 12.2. The molecular weight excluding hydrogens is 308 g/mol. The fourth-order valence-electron chi connectivity index (χ4n) is 2.74. The molecule has 2 heterocycles. The Bertz CT molecular complexity index is 853. The molecule has 124 valence electrons. The minimum atomic E-state index is -0.634. The predicted octanol–water partition coefficient (Wildman–Crippen LogP) is 2.80. The van der Waals surface area contributed by atoms with Crippen LogP contribution in [-0.4, -0.2) is 11.8 Å². The van der Waals surface area contributed by atoms with Crippen molar-refractivity contribution in [1.82, 2.24) is 0 Å². The number of nitrogens with one attached hydrogen (secondary N) is 2. The number of rotatable bonds is 2. The number of hydrogen-bond acceptors (Lipinski definition) is 4. The van der Waals surface area contributed by atoms with Crippen LogP contribution in [0.4, 0.5) is 11.4 Å². The van der Waals surface area contributed by atoms with Gasteiger partial charge in [-0.3, -0.25) is 9.59 Å². The Labute approximate surface area is 138 Å². The lowest BCUT2D eigenvalue weighted by atomic mass is 9.85. The third-order valence-corrected chi connectivity index (χ3v) is 3.86. The number of anilines is 2. The molecule has 0 saturated heterocycles. The molecule has 6 heteroatoms. The van der Waals surface area contributed by atoms with Gasteiger partial charge in [-0.05, 0) is 23.6 Å². The first kappa shape index (κ1) is 16.0. The van der Waals surface area contributed by atoms with Crippen LogP contribution in [0.25, 0.3) is 0 Å². The Kier molecular flexibility index (Phi) is 3.97. The molecule has 24 heavy (non-hydrogen) atoms. The van der Waals surface area contributed by atoms with Crippen LogP contribution in [0.2, 0.25) is 0 Å². The summed E-state index contributed by atoms with van der Waals surface area (Å²) in [6, 6.07) is 10.0. The van der Waals surface area contributed by atoms with Crippen molar-refractivity contribution in [2.45, 2.75) is 26.7 Å². The minimum Gasteiger partial charge on any atom is -0.424 e. The Hall–Kier alpha value is -2.89. The fraction of sp³-hybridized carbons (Fsp3) is 0.278. The van der Waals surface area contributed by atoms with Gasteiger partial charge in [-0.15, -0.1) is 0 Å². The zero-order valence-corrected chi connectivity index (χ0v) is 13.5. The van der Waals surface area contributed by atoms with E-state index in [9.17, 15) is 14.4 Å². The second-order valence-electron chi connectivity index (χ2n) is 6.67. The maximum absolute atomic E-state index is 12.2. The van der Waals surface area contributed by atoms with Gasteiger partial charge in [0.05, 0.1) is 5.69 Å². The minimum absolute atomic E-state index is 0.00242. The summed E-state index contributed by atoms with van der Waals surface area (Å²) in [7, 11) is 0. The molecule has 6 nitrogen and oxygen atoms in total. The molecule has 1 aliphatic heterocycles. The van der Waals surface area contributed by atoms with Crippen LogP contribution in [0, 0.1) is 5.41 Å². The number of hydrogen-bond donors (Lipinski definition) is 2. The van der Waals surface area contributed by atoms with Crippen LogP contribution >= 0.6 is 0 Å². The van der Waals surface area contributed by atoms with Crippen LogP contribution in [0.1, 0.15) is 36.4 Å². The van der Waals surface area contributed by atoms with Crippen LogP contribution in [0.5, 0.6) is 0 Å².